The van der Waals surface area contributed by atoms with Crippen molar-refractivity contribution in [3.05, 3.63) is 94.5 Å². The van der Waals surface area contributed by atoms with E-state index < -0.39 is 6.04 Å². The van der Waals surface area contributed by atoms with E-state index in [1.54, 1.807) is 30.2 Å². The zero-order chi connectivity index (χ0) is 26.1. The zero-order valence-electron chi connectivity index (χ0n) is 21.2. The highest BCUT2D eigenvalue weighted by atomic mass is 35.5. The summed E-state index contributed by atoms with van der Waals surface area (Å²) in [5.74, 6) is 0.703. The minimum atomic E-state index is -0.732. The Morgan fingerprint density at radius 2 is 1.67 bits per heavy atom. The molecule has 190 valence electrons. The first-order valence-corrected chi connectivity index (χ1v) is 12.3. The number of halogens is 1. The lowest BCUT2D eigenvalue weighted by molar-refractivity contribution is -0.143. The second-order valence-corrected chi connectivity index (χ2v) is 9.35. The number of hydrogen-bond donors (Lipinski definition) is 1. The number of benzene rings is 3. The van der Waals surface area contributed by atoms with Crippen LogP contribution < -0.4 is 14.8 Å². The topological polar surface area (TPSA) is 67.9 Å². The van der Waals surface area contributed by atoms with Crippen LogP contribution in [0, 0.1) is 6.92 Å². The molecule has 0 radical (unpaired) electrons. The number of nitrogens with zero attached hydrogens (tertiary/aromatic N) is 1. The summed E-state index contributed by atoms with van der Waals surface area (Å²) in [5.41, 5.74) is 2.66. The number of ether oxygens (including phenoxy) is 2. The fourth-order valence-corrected chi connectivity index (χ4v) is 3.95. The van der Waals surface area contributed by atoms with Gasteiger partial charge in [-0.2, -0.15) is 0 Å². The smallest absolute Gasteiger partial charge is 0.261 e. The molecule has 0 saturated heterocycles. The van der Waals surface area contributed by atoms with Gasteiger partial charge in [0.05, 0.1) is 7.11 Å². The van der Waals surface area contributed by atoms with Crippen molar-refractivity contribution in [2.24, 2.45) is 0 Å². The fraction of sp³-hybridized carbons (Fsp3) is 0.310. The lowest BCUT2D eigenvalue weighted by atomic mass is 10.0. The van der Waals surface area contributed by atoms with Crippen LogP contribution in [0.3, 0.4) is 0 Å². The molecule has 0 aliphatic heterocycles. The van der Waals surface area contributed by atoms with Crippen LogP contribution in [0.5, 0.6) is 11.5 Å². The number of amides is 2. The number of rotatable bonds is 11. The summed E-state index contributed by atoms with van der Waals surface area (Å²) in [4.78, 5) is 28.6. The highest BCUT2D eigenvalue weighted by Gasteiger charge is 2.31. The molecule has 0 spiro atoms. The maximum Gasteiger partial charge on any atom is 0.261 e. The third-order valence-corrected chi connectivity index (χ3v) is 6.10. The molecule has 6 nitrogen and oxygen atoms in total. The highest BCUT2D eigenvalue weighted by molar-refractivity contribution is 6.31. The Kier molecular flexibility index (Phi) is 9.77. The van der Waals surface area contributed by atoms with Crippen LogP contribution >= 0.6 is 11.6 Å². The van der Waals surface area contributed by atoms with E-state index in [9.17, 15) is 9.59 Å². The molecule has 0 heterocycles. The van der Waals surface area contributed by atoms with Gasteiger partial charge in [0.15, 0.2) is 6.61 Å². The zero-order valence-corrected chi connectivity index (χ0v) is 21.9. The molecule has 1 N–H and O–H groups in total. The fourth-order valence-electron chi connectivity index (χ4n) is 3.84. The van der Waals surface area contributed by atoms with Crippen molar-refractivity contribution in [3.63, 3.8) is 0 Å². The predicted octanol–water partition coefficient (Wildman–Crippen LogP) is 5.20. The van der Waals surface area contributed by atoms with Gasteiger partial charge in [-0.05, 0) is 67.8 Å². The van der Waals surface area contributed by atoms with Crippen LogP contribution in [0.4, 0.5) is 0 Å². The molecule has 0 fully saturated rings. The average Bonchev–Trinajstić information content (AvgIpc) is 2.87. The normalized spacial score (nSPS) is 11.6. The van der Waals surface area contributed by atoms with Crippen molar-refractivity contribution in [1.82, 2.24) is 10.2 Å². The van der Waals surface area contributed by atoms with E-state index in [4.69, 9.17) is 21.1 Å². The van der Waals surface area contributed by atoms with Gasteiger partial charge in [0.1, 0.15) is 17.5 Å². The lowest BCUT2D eigenvalue weighted by Crippen LogP contribution is -2.52. The Labute approximate surface area is 218 Å². The number of methoxy groups -OCH3 is 1. The second-order valence-electron chi connectivity index (χ2n) is 8.94. The summed E-state index contributed by atoms with van der Waals surface area (Å²) in [6.07, 6.45) is 0.370. The molecule has 36 heavy (non-hydrogen) atoms. The van der Waals surface area contributed by atoms with Crippen LogP contribution in [-0.4, -0.2) is 42.5 Å². The number of hydrogen-bond acceptors (Lipinski definition) is 4. The van der Waals surface area contributed by atoms with Crippen LogP contribution in [0.2, 0.25) is 5.02 Å². The number of carbonyl (C=O) groups is 2. The Morgan fingerprint density at radius 3 is 2.33 bits per heavy atom. The van der Waals surface area contributed by atoms with E-state index in [1.165, 1.54) is 0 Å². The monoisotopic (exact) mass is 508 g/mol. The molecule has 2 amide bonds. The van der Waals surface area contributed by atoms with E-state index >= 15 is 0 Å². The third kappa shape index (κ3) is 7.75. The van der Waals surface area contributed by atoms with Crippen molar-refractivity contribution in [2.45, 2.75) is 45.8 Å². The number of aryl methyl sites for hydroxylation is 1. The Hall–Kier alpha value is -3.51. The molecule has 3 rings (SSSR count). The first kappa shape index (κ1) is 27.1. The molecule has 7 heteroatoms. The Balaban J connectivity index is 1.92. The van der Waals surface area contributed by atoms with Gasteiger partial charge < -0.3 is 19.7 Å². The third-order valence-electron chi connectivity index (χ3n) is 5.68. The molecular weight excluding hydrogens is 476 g/mol. The number of nitrogens with one attached hydrogen (secondary N) is 1. The molecule has 0 aromatic heterocycles. The molecule has 0 aliphatic carbocycles. The predicted molar refractivity (Wildman–Crippen MR) is 142 cm³/mol. The largest absolute Gasteiger partial charge is 0.497 e. The van der Waals surface area contributed by atoms with Crippen molar-refractivity contribution >= 4 is 23.4 Å². The lowest BCUT2D eigenvalue weighted by Gasteiger charge is -2.32. The van der Waals surface area contributed by atoms with Gasteiger partial charge in [-0.15, -0.1) is 0 Å². The number of carbonyl (C=O) groups excluding carboxylic acids is 2. The van der Waals surface area contributed by atoms with Gasteiger partial charge in [-0.3, -0.25) is 9.59 Å². The van der Waals surface area contributed by atoms with Gasteiger partial charge in [-0.25, -0.2) is 0 Å². The SMILES string of the molecule is COc1cccc(CN(C(=O)COc2ccc(Cl)c(C)c2)[C@H](Cc2ccccc2)C(=O)NC(C)C)c1. The first-order valence-electron chi connectivity index (χ1n) is 11.9. The van der Waals surface area contributed by atoms with Crippen molar-refractivity contribution < 1.29 is 19.1 Å². The van der Waals surface area contributed by atoms with Gasteiger partial charge in [0, 0.05) is 24.0 Å². The molecule has 1 atom stereocenters. The molecule has 3 aromatic rings. The summed E-state index contributed by atoms with van der Waals surface area (Å²) in [7, 11) is 1.60. The molecule has 0 unspecified atom stereocenters. The Morgan fingerprint density at radius 1 is 0.944 bits per heavy atom. The summed E-state index contributed by atoms with van der Waals surface area (Å²) < 4.78 is 11.2. The standard InChI is InChI=1S/C29H33ClN2O4/c1-20(2)31-29(34)27(17-22-9-6-5-7-10-22)32(18-23-11-8-12-24(16-23)35-4)28(33)19-36-25-13-14-26(30)21(3)15-25/h5-16,20,27H,17-19H2,1-4H3,(H,31,34)/t27-/m1/s1. The summed E-state index contributed by atoms with van der Waals surface area (Å²) in [5, 5.41) is 3.61. The second kappa shape index (κ2) is 13.0. The van der Waals surface area contributed by atoms with E-state index in [0.717, 1.165) is 16.7 Å². The van der Waals surface area contributed by atoms with E-state index in [1.807, 2.05) is 75.4 Å². The van der Waals surface area contributed by atoms with E-state index in [-0.39, 0.29) is 31.0 Å². The van der Waals surface area contributed by atoms with Gasteiger partial charge in [0.2, 0.25) is 5.91 Å². The summed E-state index contributed by atoms with van der Waals surface area (Å²) in [6.45, 7) is 5.68. The molecule has 3 aromatic carbocycles. The van der Waals surface area contributed by atoms with Gasteiger partial charge in [0.25, 0.3) is 5.91 Å². The molecule has 0 bridgehead atoms. The molecule has 0 saturated carbocycles. The summed E-state index contributed by atoms with van der Waals surface area (Å²) >= 11 is 6.12. The van der Waals surface area contributed by atoms with Crippen molar-refractivity contribution in [1.29, 1.82) is 0 Å². The van der Waals surface area contributed by atoms with E-state index in [2.05, 4.69) is 5.32 Å². The van der Waals surface area contributed by atoms with Crippen LogP contribution in [0.25, 0.3) is 0 Å². The first-order chi connectivity index (χ1) is 17.3. The van der Waals surface area contributed by atoms with Crippen LogP contribution in [0.1, 0.15) is 30.5 Å². The maximum absolute atomic E-state index is 13.6. The molecular formula is C29H33ClN2O4. The quantitative estimate of drug-likeness (QED) is 0.386. The minimum absolute atomic E-state index is 0.0714. The van der Waals surface area contributed by atoms with Crippen LogP contribution in [0.15, 0.2) is 72.8 Å². The van der Waals surface area contributed by atoms with Gasteiger partial charge >= 0.3 is 0 Å². The van der Waals surface area contributed by atoms with Crippen molar-refractivity contribution in [2.75, 3.05) is 13.7 Å². The highest BCUT2D eigenvalue weighted by Crippen LogP contribution is 2.22. The van der Waals surface area contributed by atoms with Gasteiger partial charge in [-0.1, -0.05) is 54.1 Å². The van der Waals surface area contributed by atoms with E-state index in [0.29, 0.717) is 22.9 Å². The summed E-state index contributed by atoms with van der Waals surface area (Å²) in [6, 6.07) is 21.6. The Bertz CT molecular complexity index is 1170. The average molecular weight is 509 g/mol. The maximum atomic E-state index is 13.6. The molecule has 0 aliphatic rings. The van der Waals surface area contributed by atoms with Crippen LogP contribution in [-0.2, 0) is 22.6 Å². The minimum Gasteiger partial charge on any atom is -0.497 e. The van der Waals surface area contributed by atoms with Crippen molar-refractivity contribution in [3.8, 4) is 11.5 Å².